The molecule has 0 bridgehead atoms. The number of primary amides is 1. The Morgan fingerprint density at radius 1 is 1.47 bits per heavy atom. The van der Waals surface area contributed by atoms with Crippen LogP contribution in [0.25, 0.3) is 0 Å². The largest absolute Gasteiger partial charge is 0.381 e. The minimum absolute atomic E-state index is 0.0284. The highest BCUT2D eigenvalue weighted by Gasteiger charge is 2.09. The smallest absolute Gasteiger partial charge is 0.219 e. The molecular weight excluding hydrogens is 226 g/mol. The lowest BCUT2D eigenvalue weighted by molar-refractivity contribution is -0.117. The molecule has 1 amide bonds. The van der Waals surface area contributed by atoms with Gasteiger partial charge in [0.1, 0.15) is 5.82 Å². The number of rotatable bonds is 4. The summed E-state index contributed by atoms with van der Waals surface area (Å²) in [6, 6.07) is 1.69. The highest BCUT2D eigenvalue weighted by Crippen LogP contribution is 2.26. The Hall–Kier alpha value is -1.36. The second-order valence-electron chi connectivity index (χ2n) is 2.89. The van der Waals surface area contributed by atoms with Crippen molar-refractivity contribution < 1.29 is 13.6 Å². The molecule has 0 spiro atoms. The van der Waals surface area contributed by atoms with Gasteiger partial charge in [0.2, 0.25) is 5.91 Å². The quantitative estimate of drug-likeness (QED) is 0.836. The van der Waals surface area contributed by atoms with Crippen LogP contribution in [0.1, 0.15) is 6.42 Å². The highest BCUT2D eigenvalue weighted by molar-refractivity contribution is 6.33. The summed E-state index contributed by atoms with van der Waals surface area (Å²) >= 11 is 5.59. The Labute approximate surface area is 90.2 Å². The van der Waals surface area contributed by atoms with E-state index in [1.807, 2.05) is 0 Å². The molecule has 0 aliphatic heterocycles. The second kappa shape index (κ2) is 4.93. The summed E-state index contributed by atoms with van der Waals surface area (Å²) in [5.74, 6) is -2.07. The lowest BCUT2D eigenvalue weighted by Gasteiger charge is -2.08. The summed E-state index contributed by atoms with van der Waals surface area (Å²) < 4.78 is 25.8. The molecule has 0 fully saturated rings. The van der Waals surface area contributed by atoms with E-state index in [1.54, 1.807) is 0 Å². The zero-order chi connectivity index (χ0) is 11.4. The van der Waals surface area contributed by atoms with E-state index in [0.29, 0.717) is 6.07 Å². The van der Waals surface area contributed by atoms with Gasteiger partial charge in [-0.05, 0) is 6.07 Å². The molecule has 0 saturated heterocycles. The van der Waals surface area contributed by atoms with Crippen molar-refractivity contribution in [3.8, 4) is 0 Å². The summed E-state index contributed by atoms with van der Waals surface area (Å²) in [5, 5.41) is 2.49. The number of anilines is 1. The summed E-state index contributed by atoms with van der Waals surface area (Å²) in [6.07, 6.45) is 0.0488. The molecule has 0 aliphatic carbocycles. The van der Waals surface area contributed by atoms with E-state index in [-0.39, 0.29) is 23.7 Å². The van der Waals surface area contributed by atoms with Gasteiger partial charge in [0, 0.05) is 19.0 Å². The van der Waals surface area contributed by atoms with Crippen molar-refractivity contribution in [3.05, 3.63) is 28.8 Å². The fraction of sp³-hybridized carbons (Fsp3) is 0.222. The van der Waals surface area contributed by atoms with Crippen LogP contribution in [0.3, 0.4) is 0 Å². The Balaban J connectivity index is 2.72. The van der Waals surface area contributed by atoms with Gasteiger partial charge in [-0.25, -0.2) is 8.78 Å². The van der Waals surface area contributed by atoms with Gasteiger partial charge in [-0.15, -0.1) is 0 Å². The summed E-state index contributed by atoms with van der Waals surface area (Å²) in [4.78, 5) is 10.4. The van der Waals surface area contributed by atoms with Crippen LogP contribution < -0.4 is 11.1 Å². The van der Waals surface area contributed by atoms with Crippen molar-refractivity contribution in [1.82, 2.24) is 0 Å². The molecule has 0 aliphatic rings. The van der Waals surface area contributed by atoms with Gasteiger partial charge in [0.25, 0.3) is 0 Å². The fourth-order valence-electron chi connectivity index (χ4n) is 1.02. The van der Waals surface area contributed by atoms with Crippen LogP contribution in [0, 0.1) is 11.6 Å². The number of amides is 1. The Morgan fingerprint density at radius 3 is 2.67 bits per heavy atom. The topological polar surface area (TPSA) is 55.1 Å². The molecule has 0 aromatic heterocycles. The molecule has 0 heterocycles. The lowest BCUT2D eigenvalue weighted by atomic mass is 10.3. The first-order valence-electron chi connectivity index (χ1n) is 4.17. The predicted molar refractivity (Wildman–Crippen MR) is 53.7 cm³/mol. The van der Waals surface area contributed by atoms with Crippen LogP contribution in [0.15, 0.2) is 12.1 Å². The van der Waals surface area contributed by atoms with Crippen molar-refractivity contribution in [1.29, 1.82) is 0 Å². The van der Waals surface area contributed by atoms with Crippen molar-refractivity contribution >= 4 is 23.2 Å². The van der Waals surface area contributed by atoms with Gasteiger partial charge in [0.15, 0.2) is 5.82 Å². The molecule has 3 nitrogen and oxygen atoms in total. The van der Waals surface area contributed by atoms with Crippen molar-refractivity contribution in [2.75, 3.05) is 11.9 Å². The monoisotopic (exact) mass is 234 g/mol. The molecule has 0 radical (unpaired) electrons. The number of nitrogens with one attached hydrogen (secondary N) is 1. The maximum atomic E-state index is 13.1. The van der Waals surface area contributed by atoms with E-state index in [4.69, 9.17) is 17.3 Å². The molecule has 1 aromatic carbocycles. The van der Waals surface area contributed by atoms with E-state index in [9.17, 15) is 13.6 Å². The third-order valence-corrected chi connectivity index (χ3v) is 1.98. The minimum Gasteiger partial charge on any atom is -0.381 e. The number of hydrogen-bond acceptors (Lipinski definition) is 2. The summed E-state index contributed by atoms with van der Waals surface area (Å²) in [5.41, 5.74) is 4.86. The maximum absolute atomic E-state index is 13.1. The standard InChI is InChI=1S/C9H9ClF2N2O/c10-6-3-5(11)4-7(12)9(6)14-2-1-8(13)15/h3-4,14H,1-2H2,(H2,13,15). The van der Waals surface area contributed by atoms with Crippen LogP contribution in [0.5, 0.6) is 0 Å². The van der Waals surface area contributed by atoms with Crippen LogP contribution in [-0.4, -0.2) is 12.5 Å². The van der Waals surface area contributed by atoms with Gasteiger partial charge >= 0.3 is 0 Å². The lowest BCUT2D eigenvalue weighted by Crippen LogP contribution is -2.16. The normalized spacial score (nSPS) is 10.1. The summed E-state index contributed by atoms with van der Waals surface area (Å²) in [6.45, 7) is 0.150. The van der Waals surface area contributed by atoms with Gasteiger partial charge in [0.05, 0.1) is 10.7 Å². The molecule has 3 N–H and O–H groups in total. The fourth-order valence-corrected chi connectivity index (χ4v) is 1.28. The van der Waals surface area contributed by atoms with E-state index in [2.05, 4.69) is 5.32 Å². The van der Waals surface area contributed by atoms with Crippen molar-refractivity contribution in [3.63, 3.8) is 0 Å². The molecule has 1 rings (SSSR count). The van der Waals surface area contributed by atoms with Crippen LogP contribution in [0.2, 0.25) is 5.02 Å². The van der Waals surface area contributed by atoms with Gasteiger partial charge in [-0.2, -0.15) is 0 Å². The first kappa shape index (κ1) is 11.7. The number of benzene rings is 1. The molecule has 1 aromatic rings. The summed E-state index contributed by atoms with van der Waals surface area (Å²) in [7, 11) is 0. The van der Waals surface area contributed by atoms with Crippen molar-refractivity contribution in [2.24, 2.45) is 5.73 Å². The highest BCUT2D eigenvalue weighted by atomic mass is 35.5. The molecule has 15 heavy (non-hydrogen) atoms. The van der Waals surface area contributed by atoms with Gasteiger partial charge in [-0.1, -0.05) is 11.6 Å². The SMILES string of the molecule is NC(=O)CCNc1c(F)cc(F)cc1Cl. The van der Waals surface area contributed by atoms with Crippen molar-refractivity contribution in [2.45, 2.75) is 6.42 Å². The molecule has 0 unspecified atom stereocenters. The molecule has 6 heteroatoms. The van der Waals surface area contributed by atoms with Gasteiger partial charge in [-0.3, -0.25) is 4.79 Å². The minimum atomic E-state index is -0.801. The Bertz CT molecular complexity index is 361. The first-order valence-corrected chi connectivity index (χ1v) is 4.55. The number of carbonyl (C=O) groups excluding carboxylic acids is 1. The number of hydrogen-bond donors (Lipinski definition) is 2. The Morgan fingerprint density at radius 2 is 2.13 bits per heavy atom. The average Bonchev–Trinajstić information content (AvgIpc) is 2.08. The zero-order valence-electron chi connectivity index (χ0n) is 7.69. The first-order chi connectivity index (χ1) is 7.00. The van der Waals surface area contributed by atoms with E-state index < -0.39 is 17.5 Å². The third kappa shape index (κ3) is 3.36. The zero-order valence-corrected chi connectivity index (χ0v) is 8.44. The molecular formula is C9H9ClF2N2O. The number of carbonyl (C=O) groups is 1. The number of halogens is 3. The second-order valence-corrected chi connectivity index (χ2v) is 3.29. The maximum Gasteiger partial charge on any atom is 0.219 e. The van der Waals surface area contributed by atoms with Crippen LogP contribution in [0.4, 0.5) is 14.5 Å². The molecule has 82 valence electrons. The third-order valence-electron chi connectivity index (χ3n) is 1.68. The van der Waals surface area contributed by atoms with E-state index in [1.165, 1.54) is 0 Å². The molecule has 0 saturated carbocycles. The van der Waals surface area contributed by atoms with E-state index >= 15 is 0 Å². The van der Waals surface area contributed by atoms with Crippen LogP contribution in [-0.2, 0) is 4.79 Å². The average molecular weight is 235 g/mol. The predicted octanol–water partition coefficient (Wildman–Crippen LogP) is 1.91. The molecule has 0 atom stereocenters. The van der Waals surface area contributed by atoms with E-state index in [0.717, 1.165) is 6.07 Å². The van der Waals surface area contributed by atoms with Crippen LogP contribution >= 0.6 is 11.6 Å². The number of nitrogens with two attached hydrogens (primary N) is 1. The Kier molecular flexibility index (Phi) is 3.85. The van der Waals surface area contributed by atoms with Gasteiger partial charge < -0.3 is 11.1 Å².